The summed E-state index contributed by atoms with van der Waals surface area (Å²) in [7, 11) is 0. The number of aliphatic hydroxyl groups excluding tert-OH is 3. The van der Waals surface area contributed by atoms with Crippen LogP contribution in [0.5, 0.6) is 0 Å². The highest BCUT2D eigenvalue weighted by molar-refractivity contribution is 9.12. The van der Waals surface area contributed by atoms with Gasteiger partial charge in [-0.15, -0.1) is 11.8 Å². The van der Waals surface area contributed by atoms with Crippen LogP contribution in [0.25, 0.3) is 10.9 Å². The maximum absolute atomic E-state index is 14.7. The minimum absolute atomic E-state index is 0.00604. The van der Waals surface area contributed by atoms with Crippen LogP contribution in [0.15, 0.2) is 33.3 Å². The van der Waals surface area contributed by atoms with E-state index in [4.69, 9.17) is 9.84 Å². The SMILES string of the molecule is C/C(C(=O)O)=C(\Br)C(=O)NCCOCCC(=O)NCCCC(=O)Cc1ccc2[nH]c3c(c2c1)C[C@@H]1CC(=O)[C@H](C)NC(=O)[C@@H]2C[C@@H](O)CN2C(=O)[C@@H](CS3)NC(=O)[C@@H](C(C)O)NC(=O)[C@H](C)NC(=O)[C@H](C[C@@](C)(O)CO)NC1=O. The molecule has 8 amide bonds. The smallest absolute Gasteiger partial charge is 0.332 e. The van der Waals surface area contributed by atoms with Gasteiger partial charge in [-0.1, -0.05) is 6.07 Å². The first-order valence-electron chi connectivity index (χ1n) is 25.7. The molecule has 0 spiro atoms. The fourth-order valence-corrected chi connectivity index (χ4v) is 10.4. The second-order valence-electron chi connectivity index (χ2n) is 20.3. The van der Waals surface area contributed by atoms with Crippen molar-refractivity contribution in [1.82, 2.24) is 47.1 Å². The maximum Gasteiger partial charge on any atom is 0.332 e. The Morgan fingerprint density at radius 2 is 1.61 bits per heavy atom. The van der Waals surface area contributed by atoms with Crippen LogP contribution in [-0.2, 0) is 70.3 Å². The molecule has 26 nitrogen and oxygen atoms in total. The number of Topliss-reactive ketones (excluding diaryl/α,β-unsaturated/α-hetero) is 2. The van der Waals surface area contributed by atoms with Gasteiger partial charge in [0.1, 0.15) is 36.0 Å². The van der Waals surface area contributed by atoms with E-state index in [0.717, 1.165) is 16.7 Å². The number of halogens is 1. The maximum atomic E-state index is 14.7. The summed E-state index contributed by atoms with van der Waals surface area (Å²) < 4.78 is 5.26. The number of carbonyl (C=O) groups excluding carboxylic acids is 10. The third-order valence-corrected chi connectivity index (χ3v) is 15.7. The van der Waals surface area contributed by atoms with E-state index in [9.17, 15) is 73.2 Å². The number of fused-ring (bicyclic) bond motifs is 5. The molecule has 3 aliphatic rings. The lowest BCUT2D eigenvalue weighted by Crippen LogP contribution is -2.61. The van der Waals surface area contributed by atoms with E-state index in [1.165, 1.54) is 34.6 Å². The number of thioether (sulfide) groups is 1. The molecule has 2 bridgehead atoms. The fourth-order valence-electron chi connectivity index (χ4n) is 8.96. The van der Waals surface area contributed by atoms with Gasteiger partial charge in [-0.25, -0.2) is 4.79 Å². The molecule has 0 saturated carbocycles. The Morgan fingerprint density at radius 3 is 2.29 bits per heavy atom. The summed E-state index contributed by atoms with van der Waals surface area (Å²) in [5.41, 5.74) is -0.675. The summed E-state index contributed by atoms with van der Waals surface area (Å²) >= 11 is 3.96. The highest BCUT2D eigenvalue weighted by atomic mass is 79.9. The number of aromatic amines is 1. The Labute approximate surface area is 467 Å². The van der Waals surface area contributed by atoms with Crippen LogP contribution >= 0.6 is 27.7 Å². The number of H-pyrrole nitrogens is 1. The first-order valence-corrected chi connectivity index (χ1v) is 27.5. The van der Waals surface area contributed by atoms with Crippen molar-refractivity contribution in [2.45, 2.75) is 145 Å². The second-order valence-corrected chi connectivity index (χ2v) is 22.1. The van der Waals surface area contributed by atoms with E-state index in [-0.39, 0.29) is 92.5 Å². The molecule has 1 aromatic carbocycles. The lowest BCUT2D eigenvalue weighted by atomic mass is 9.89. The number of carboxylic acid groups (broad SMARTS) is 1. The molecule has 10 atom stereocenters. The molecular formula is C51H70BrN9O17S. The minimum atomic E-state index is -1.97. The van der Waals surface area contributed by atoms with Crippen LogP contribution in [0.1, 0.15) is 84.3 Å². The van der Waals surface area contributed by atoms with Crippen molar-refractivity contribution < 1.29 is 83.0 Å². The molecule has 1 fully saturated rings. The van der Waals surface area contributed by atoms with E-state index in [1.54, 1.807) is 18.2 Å². The predicted molar refractivity (Wildman–Crippen MR) is 286 cm³/mol. The van der Waals surface area contributed by atoms with E-state index in [1.807, 2.05) is 0 Å². The van der Waals surface area contributed by atoms with Crippen LogP contribution in [0, 0.1) is 5.92 Å². The molecule has 79 heavy (non-hydrogen) atoms. The number of aromatic nitrogens is 1. The fraction of sp³-hybridized carbons (Fsp3) is 0.588. The summed E-state index contributed by atoms with van der Waals surface area (Å²) in [6.45, 7) is 5.45. The number of aliphatic carboxylic acids is 1. The number of hydrogen-bond acceptors (Lipinski definition) is 17. The molecule has 2 aromatic rings. The number of carboxylic acids is 1. The predicted octanol–water partition coefficient (Wildman–Crippen LogP) is -2.37. The van der Waals surface area contributed by atoms with Crippen molar-refractivity contribution in [2.24, 2.45) is 5.92 Å². The lowest BCUT2D eigenvalue weighted by Gasteiger charge is -2.31. The summed E-state index contributed by atoms with van der Waals surface area (Å²) in [6.07, 6.45) is -4.06. The van der Waals surface area contributed by atoms with Gasteiger partial charge in [-0.3, -0.25) is 47.9 Å². The van der Waals surface area contributed by atoms with Crippen LogP contribution in [0.3, 0.4) is 0 Å². The van der Waals surface area contributed by atoms with Crippen molar-refractivity contribution in [1.29, 1.82) is 0 Å². The molecule has 3 aliphatic heterocycles. The van der Waals surface area contributed by atoms with Gasteiger partial charge in [0.05, 0.1) is 58.8 Å². The van der Waals surface area contributed by atoms with Gasteiger partial charge >= 0.3 is 5.97 Å². The first kappa shape index (κ1) is 63.5. The molecule has 28 heteroatoms. The monoisotopic (exact) mass is 1190 g/mol. The Kier molecular flexibility index (Phi) is 23.1. The van der Waals surface area contributed by atoms with Gasteiger partial charge in [0.2, 0.25) is 41.4 Å². The van der Waals surface area contributed by atoms with E-state index in [2.05, 4.69) is 58.1 Å². The standard InChI is InChI=1S/C51H70BrN9O17S/c1-24(50(75)76)40(52)46(72)54-12-14-78-13-10-39(67)53-11-6-7-30(64)15-28-8-9-34-32(16-28)33-17-29-18-38(66)25(2)55-45(71)37-19-31(65)21-61(37)49(74)36(22-79-48(33)59-34)58-47(73)41(27(4)63)60-42(68)26(3)56-44(70)35(57-43(29)69)20-51(5,77)23-62/h8-9,16,25-27,29,31,35-37,41,59,62-63,65,77H,6-7,10-15,17-23H2,1-5H3,(H,53,67)(H,54,72)(H,55,71)(H,56,70)(H,57,69)(H,58,73)(H,60,68)(H,75,76)/b40-24+/t25-,26-,27?,29+,31+,35-,36+,37-,41+,51+/m0/s1. The van der Waals surface area contributed by atoms with E-state index < -0.39 is 133 Å². The van der Waals surface area contributed by atoms with Crippen molar-refractivity contribution >= 4 is 103 Å². The topological polar surface area (TPSA) is 401 Å². The van der Waals surface area contributed by atoms with Crippen LogP contribution in [-0.4, -0.2) is 199 Å². The molecule has 1 aromatic heterocycles. The highest BCUT2D eigenvalue weighted by Gasteiger charge is 2.44. The number of hydrogen-bond donors (Lipinski definition) is 13. The number of carbonyl (C=O) groups is 11. The van der Waals surface area contributed by atoms with E-state index in [0.29, 0.717) is 33.5 Å². The van der Waals surface area contributed by atoms with Gasteiger partial charge in [-0.05, 0) is 86.6 Å². The lowest BCUT2D eigenvalue weighted by molar-refractivity contribution is -0.142. The summed E-state index contributed by atoms with van der Waals surface area (Å²) in [6, 6.07) is -3.78. The molecule has 1 unspecified atom stereocenters. The summed E-state index contributed by atoms with van der Waals surface area (Å²) in [4.78, 5) is 153. The van der Waals surface area contributed by atoms with Crippen molar-refractivity contribution in [3.63, 3.8) is 0 Å². The van der Waals surface area contributed by atoms with Crippen LogP contribution in [0.4, 0.5) is 0 Å². The van der Waals surface area contributed by atoms with Gasteiger partial charge in [0.25, 0.3) is 5.91 Å². The highest BCUT2D eigenvalue weighted by Crippen LogP contribution is 2.35. The van der Waals surface area contributed by atoms with Crippen molar-refractivity contribution in [3.8, 4) is 0 Å². The molecule has 4 heterocycles. The zero-order chi connectivity index (χ0) is 58.5. The number of benzene rings is 1. The average molecular weight is 1190 g/mol. The molecule has 1 saturated heterocycles. The number of nitrogens with one attached hydrogen (secondary N) is 8. The Bertz CT molecular complexity index is 2700. The van der Waals surface area contributed by atoms with Crippen molar-refractivity contribution in [2.75, 3.05) is 45.2 Å². The Morgan fingerprint density at radius 1 is 0.899 bits per heavy atom. The Hall–Kier alpha value is -6.30. The zero-order valence-corrected chi connectivity index (χ0v) is 46.8. The van der Waals surface area contributed by atoms with Crippen LogP contribution in [0.2, 0.25) is 0 Å². The molecule has 0 aliphatic carbocycles. The zero-order valence-electron chi connectivity index (χ0n) is 44.4. The third kappa shape index (κ3) is 17.8. The van der Waals surface area contributed by atoms with Gasteiger partial charge < -0.3 is 77.4 Å². The largest absolute Gasteiger partial charge is 0.478 e. The number of nitrogens with zero attached hydrogens (tertiary/aromatic N) is 1. The second kappa shape index (κ2) is 28.7. The number of ketones is 2. The summed E-state index contributed by atoms with van der Waals surface area (Å²) in [5, 5.41) is 70.3. The average Bonchev–Trinajstić information content (AvgIpc) is 3.95. The Balaban J connectivity index is 1.44. The number of aliphatic hydroxyl groups is 4. The molecule has 434 valence electrons. The third-order valence-electron chi connectivity index (χ3n) is 13.6. The summed E-state index contributed by atoms with van der Waals surface area (Å²) in [5.74, 6) is -10.2. The van der Waals surface area contributed by atoms with Crippen LogP contribution < -0.4 is 37.2 Å². The van der Waals surface area contributed by atoms with Gasteiger partial charge in [-0.2, -0.15) is 0 Å². The van der Waals surface area contributed by atoms with Gasteiger partial charge in [0, 0.05) is 80.7 Å². The molecule has 5 rings (SSSR count). The molecule has 13 N–H and O–H groups in total. The number of ether oxygens (including phenoxy) is 1. The minimum Gasteiger partial charge on any atom is -0.478 e. The number of rotatable bonds is 18. The normalized spacial score (nSPS) is 25.2. The van der Waals surface area contributed by atoms with Crippen molar-refractivity contribution in [3.05, 3.63) is 39.4 Å². The van der Waals surface area contributed by atoms with E-state index >= 15 is 0 Å². The number of amides is 8. The quantitative estimate of drug-likeness (QED) is 0.0548. The molecular weight excluding hydrogens is 1120 g/mol. The molecule has 0 radical (unpaired) electrons. The van der Waals surface area contributed by atoms with Gasteiger partial charge in [0.15, 0.2) is 5.78 Å². The first-order chi connectivity index (χ1) is 37.2.